The third-order valence-electron chi connectivity index (χ3n) is 3.35. The smallest absolute Gasteiger partial charge is 0.0490 e. The van der Waals surface area contributed by atoms with Gasteiger partial charge in [0.15, 0.2) is 0 Å². The van der Waals surface area contributed by atoms with Crippen LogP contribution in [0.1, 0.15) is 26.7 Å². The maximum Gasteiger partial charge on any atom is 0.0490 e. The molecule has 0 spiro atoms. The van der Waals surface area contributed by atoms with Crippen LogP contribution in [0.4, 0.5) is 0 Å². The Labute approximate surface area is 82.0 Å². The molecule has 0 aromatic heterocycles. The minimum absolute atomic E-state index is 0.719. The van der Waals surface area contributed by atoms with Crippen molar-refractivity contribution in [1.29, 1.82) is 0 Å². The average molecular weight is 185 g/mol. The molecule has 0 aromatic carbocycles. The summed E-state index contributed by atoms with van der Waals surface area (Å²) < 4.78 is 5.23. The van der Waals surface area contributed by atoms with Gasteiger partial charge < -0.3 is 10.1 Å². The second kappa shape index (κ2) is 5.61. The molecule has 2 nitrogen and oxygen atoms in total. The quantitative estimate of drug-likeness (QED) is 0.722. The Hall–Kier alpha value is -0.0800. The molecule has 3 unspecified atom stereocenters. The highest BCUT2D eigenvalue weighted by Crippen LogP contribution is 2.29. The predicted octanol–water partition coefficient (Wildman–Crippen LogP) is 1.90. The van der Waals surface area contributed by atoms with Crippen molar-refractivity contribution in [3.8, 4) is 0 Å². The van der Waals surface area contributed by atoms with Crippen LogP contribution in [0, 0.1) is 17.8 Å². The summed E-state index contributed by atoms with van der Waals surface area (Å²) in [6.07, 6.45) is 2.62. The summed E-state index contributed by atoms with van der Waals surface area (Å²) in [4.78, 5) is 0. The Morgan fingerprint density at radius 2 is 2.31 bits per heavy atom. The monoisotopic (exact) mass is 185 g/mol. The van der Waals surface area contributed by atoms with Gasteiger partial charge in [0.05, 0.1) is 0 Å². The number of methoxy groups -OCH3 is 1. The summed E-state index contributed by atoms with van der Waals surface area (Å²) in [5.74, 6) is 2.45. The van der Waals surface area contributed by atoms with Crippen molar-refractivity contribution >= 4 is 0 Å². The molecule has 0 aromatic rings. The van der Waals surface area contributed by atoms with E-state index in [4.69, 9.17) is 4.74 Å². The predicted molar refractivity (Wildman–Crippen MR) is 55.8 cm³/mol. The molecule has 1 saturated heterocycles. The van der Waals surface area contributed by atoms with Gasteiger partial charge in [0, 0.05) is 13.7 Å². The molecule has 1 fully saturated rings. The zero-order valence-electron chi connectivity index (χ0n) is 9.18. The lowest BCUT2D eigenvalue weighted by Gasteiger charge is -2.35. The molecule has 0 amide bonds. The summed E-state index contributed by atoms with van der Waals surface area (Å²) in [5, 5.41) is 3.47. The molecule has 1 N–H and O–H groups in total. The Bertz CT molecular complexity index is 138. The minimum atomic E-state index is 0.719. The van der Waals surface area contributed by atoms with Gasteiger partial charge in [0.25, 0.3) is 0 Å². The Balaban J connectivity index is 2.43. The van der Waals surface area contributed by atoms with Crippen LogP contribution in [0.3, 0.4) is 0 Å². The maximum absolute atomic E-state index is 5.23. The minimum Gasteiger partial charge on any atom is -0.384 e. The van der Waals surface area contributed by atoms with Gasteiger partial charge in [-0.15, -0.1) is 0 Å². The third kappa shape index (κ3) is 2.96. The number of nitrogens with one attached hydrogen (secondary N) is 1. The number of ether oxygens (including phenoxy) is 1. The number of piperidine rings is 1. The summed E-state index contributed by atoms with van der Waals surface area (Å²) in [6, 6.07) is 0. The molecule has 0 radical (unpaired) electrons. The van der Waals surface area contributed by atoms with E-state index in [1.54, 1.807) is 7.11 Å². The number of hydrogen-bond donors (Lipinski definition) is 1. The van der Waals surface area contributed by atoms with Crippen LogP contribution < -0.4 is 5.32 Å². The first kappa shape index (κ1) is 11.0. The van der Waals surface area contributed by atoms with Gasteiger partial charge in [-0.1, -0.05) is 20.3 Å². The lowest BCUT2D eigenvalue weighted by molar-refractivity contribution is 0.0882. The van der Waals surface area contributed by atoms with Crippen molar-refractivity contribution in [3.63, 3.8) is 0 Å². The number of hydrogen-bond acceptors (Lipinski definition) is 2. The first-order valence-corrected chi connectivity index (χ1v) is 5.49. The van der Waals surface area contributed by atoms with Crippen LogP contribution in [0.2, 0.25) is 0 Å². The summed E-state index contributed by atoms with van der Waals surface area (Å²) in [7, 11) is 1.80. The molecule has 0 bridgehead atoms. The van der Waals surface area contributed by atoms with Crippen LogP contribution in [0.25, 0.3) is 0 Å². The molecule has 13 heavy (non-hydrogen) atoms. The summed E-state index contributed by atoms with van der Waals surface area (Å²) >= 11 is 0. The van der Waals surface area contributed by atoms with Crippen molar-refractivity contribution in [2.75, 3.05) is 26.8 Å². The molecule has 1 aliphatic rings. The molecule has 1 rings (SSSR count). The fourth-order valence-corrected chi connectivity index (χ4v) is 2.53. The lowest BCUT2D eigenvalue weighted by atomic mass is 9.77. The maximum atomic E-state index is 5.23. The van der Waals surface area contributed by atoms with Gasteiger partial charge in [-0.05, 0) is 37.3 Å². The second-order valence-corrected chi connectivity index (χ2v) is 4.26. The largest absolute Gasteiger partial charge is 0.384 e. The third-order valence-corrected chi connectivity index (χ3v) is 3.35. The fourth-order valence-electron chi connectivity index (χ4n) is 2.53. The Morgan fingerprint density at radius 1 is 1.54 bits per heavy atom. The van der Waals surface area contributed by atoms with Crippen molar-refractivity contribution < 1.29 is 4.74 Å². The van der Waals surface area contributed by atoms with E-state index in [1.807, 2.05) is 0 Å². The molecular formula is C11H23NO. The Morgan fingerprint density at radius 3 is 2.92 bits per heavy atom. The van der Waals surface area contributed by atoms with Crippen molar-refractivity contribution in [3.05, 3.63) is 0 Å². The van der Waals surface area contributed by atoms with E-state index in [1.165, 1.54) is 25.9 Å². The molecule has 1 heterocycles. The van der Waals surface area contributed by atoms with Gasteiger partial charge in [-0.2, -0.15) is 0 Å². The normalized spacial score (nSPS) is 31.6. The topological polar surface area (TPSA) is 21.3 Å². The van der Waals surface area contributed by atoms with E-state index in [0.717, 1.165) is 24.4 Å². The highest BCUT2D eigenvalue weighted by atomic mass is 16.5. The van der Waals surface area contributed by atoms with Gasteiger partial charge in [-0.25, -0.2) is 0 Å². The van der Waals surface area contributed by atoms with Crippen LogP contribution in [-0.4, -0.2) is 26.8 Å². The molecule has 1 aliphatic heterocycles. The highest BCUT2D eigenvalue weighted by Gasteiger charge is 2.27. The molecular weight excluding hydrogens is 162 g/mol. The first-order valence-electron chi connectivity index (χ1n) is 5.49. The van der Waals surface area contributed by atoms with Crippen molar-refractivity contribution in [2.24, 2.45) is 17.8 Å². The zero-order valence-corrected chi connectivity index (χ0v) is 9.18. The van der Waals surface area contributed by atoms with E-state index >= 15 is 0 Å². The van der Waals surface area contributed by atoms with Crippen LogP contribution in [0.15, 0.2) is 0 Å². The Kier molecular flexibility index (Phi) is 4.74. The summed E-state index contributed by atoms with van der Waals surface area (Å²) in [5.41, 5.74) is 0. The molecule has 0 saturated carbocycles. The number of rotatable bonds is 4. The first-order chi connectivity index (χ1) is 6.29. The van der Waals surface area contributed by atoms with E-state index in [0.29, 0.717) is 0 Å². The standard InChI is InChI=1S/C11H23NO/c1-4-10-7-12-6-5-11(10)9(2)8-13-3/h9-12H,4-8H2,1-3H3. The second-order valence-electron chi connectivity index (χ2n) is 4.26. The van der Waals surface area contributed by atoms with Crippen molar-refractivity contribution in [2.45, 2.75) is 26.7 Å². The van der Waals surface area contributed by atoms with Gasteiger partial charge in [0.1, 0.15) is 0 Å². The average Bonchev–Trinajstić information content (AvgIpc) is 2.18. The van der Waals surface area contributed by atoms with Gasteiger partial charge >= 0.3 is 0 Å². The SMILES string of the molecule is CCC1CNCCC1C(C)COC. The zero-order chi connectivity index (χ0) is 9.68. The van der Waals surface area contributed by atoms with Gasteiger partial charge in [-0.3, -0.25) is 0 Å². The van der Waals surface area contributed by atoms with Crippen molar-refractivity contribution in [1.82, 2.24) is 5.32 Å². The van der Waals surface area contributed by atoms with E-state index < -0.39 is 0 Å². The fraction of sp³-hybridized carbons (Fsp3) is 1.00. The lowest BCUT2D eigenvalue weighted by Crippen LogP contribution is -2.39. The van der Waals surface area contributed by atoms with Crippen LogP contribution in [0.5, 0.6) is 0 Å². The highest BCUT2D eigenvalue weighted by molar-refractivity contribution is 4.80. The molecule has 78 valence electrons. The summed E-state index contributed by atoms with van der Waals surface area (Å²) in [6.45, 7) is 7.93. The molecule has 0 aliphatic carbocycles. The van der Waals surface area contributed by atoms with Crippen LogP contribution >= 0.6 is 0 Å². The molecule has 2 heteroatoms. The molecule has 3 atom stereocenters. The van der Waals surface area contributed by atoms with E-state index in [9.17, 15) is 0 Å². The van der Waals surface area contributed by atoms with Crippen LogP contribution in [-0.2, 0) is 4.74 Å². The van der Waals surface area contributed by atoms with E-state index in [2.05, 4.69) is 19.2 Å². The van der Waals surface area contributed by atoms with E-state index in [-0.39, 0.29) is 0 Å². The van der Waals surface area contributed by atoms with Gasteiger partial charge in [0.2, 0.25) is 0 Å².